The number of likely N-dealkylation sites (tertiary alicyclic amines) is 1. The van der Waals surface area contributed by atoms with Crippen molar-refractivity contribution in [3.05, 3.63) is 46.7 Å². The monoisotopic (exact) mass is 417 g/mol. The first-order valence-electron chi connectivity index (χ1n) is 10.6. The number of aryl methyl sites for hydroxylation is 2. The minimum Gasteiger partial charge on any atom is -0.492 e. The molecule has 1 amide bonds. The number of aliphatic imine (C=N–C) groups is 1. The maximum Gasteiger partial charge on any atom is 0.253 e. The number of nitrogens with zero attached hydrogens (tertiary/aromatic N) is 2. The van der Waals surface area contributed by atoms with Gasteiger partial charge in [0.2, 0.25) is 0 Å². The number of benzene rings is 1. The zero-order valence-electron chi connectivity index (χ0n) is 18.2. The van der Waals surface area contributed by atoms with Crippen molar-refractivity contribution in [1.82, 2.24) is 10.2 Å². The number of piperidine rings is 1. The van der Waals surface area contributed by atoms with Gasteiger partial charge in [0.25, 0.3) is 11.8 Å². The molecule has 1 fully saturated rings. The maximum absolute atomic E-state index is 15.1. The van der Waals surface area contributed by atoms with Crippen LogP contribution < -0.4 is 5.32 Å². The second-order valence-corrected chi connectivity index (χ2v) is 8.02. The van der Waals surface area contributed by atoms with E-state index in [1.807, 2.05) is 38.1 Å². The van der Waals surface area contributed by atoms with Crippen LogP contribution in [-0.4, -0.2) is 68.8 Å². The number of halogens is 1. The molecule has 0 spiro atoms. The number of hydrogen-bond donors (Lipinski definition) is 1. The van der Waals surface area contributed by atoms with Gasteiger partial charge in [0.1, 0.15) is 12.3 Å². The number of methoxy groups -OCH3 is 1. The normalized spacial score (nSPS) is 18.5. The van der Waals surface area contributed by atoms with Crippen molar-refractivity contribution in [3.63, 3.8) is 0 Å². The SMILES string of the molecule is COC1=CCCN=C1OCCNCC1(F)CCN(C(=O)c2ccc(C)c(C)c2)CC1. The van der Waals surface area contributed by atoms with Crippen LogP contribution in [0.25, 0.3) is 0 Å². The molecule has 0 unspecified atom stereocenters. The fourth-order valence-electron chi connectivity index (χ4n) is 3.69. The first-order chi connectivity index (χ1) is 14.4. The Morgan fingerprint density at radius 2 is 2.03 bits per heavy atom. The molecule has 3 rings (SSSR count). The van der Waals surface area contributed by atoms with Gasteiger partial charge in [-0.1, -0.05) is 6.07 Å². The van der Waals surface area contributed by atoms with Crippen LogP contribution in [-0.2, 0) is 9.47 Å². The average molecular weight is 418 g/mol. The molecule has 0 atom stereocenters. The Labute approximate surface area is 178 Å². The lowest BCUT2D eigenvalue weighted by molar-refractivity contribution is 0.0432. The lowest BCUT2D eigenvalue weighted by Crippen LogP contribution is -2.49. The zero-order valence-corrected chi connectivity index (χ0v) is 18.2. The van der Waals surface area contributed by atoms with Crippen molar-refractivity contribution >= 4 is 11.8 Å². The van der Waals surface area contributed by atoms with Gasteiger partial charge in [-0.3, -0.25) is 4.79 Å². The van der Waals surface area contributed by atoms with Crippen molar-refractivity contribution in [3.8, 4) is 0 Å². The molecular weight excluding hydrogens is 385 g/mol. The number of alkyl halides is 1. The summed E-state index contributed by atoms with van der Waals surface area (Å²) in [5.41, 5.74) is 1.62. The summed E-state index contributed by atoms with van der Waals surface area (Å²) in [6.07, 6.45) is 3.47. The van der Waals surface area contributed by atoms with Crippen molar-refractivity contribution < 1.29 is 18.7 Å². The van der Waals surface area contributed by atoms with Crippen LogP contribution >= 0.6 is 0 Å². The third-order valence-corrected chi connectivity index (χ3v) is 5.80. The molecule has 1 aromatic rings. The van der Waals surface area contributed by atoms with Gasteiger partial charge in [0.15, 0.2) is 5.76 Å². The van der Waals surface area contributed by atoms with Crippen molar-refractivity contribution in [1.29, 1.82) is 0 Å². The molecule has 164 valence electrons. The highest BCUT2D eigenvalue weighted by Crippen LogP contribution is 2.27. The minimum absolute atomic E-state index is 0.0169. The quantitative estimate of drug-likeness (QED) is 0.692. The first kappa shape index (κ1) is 22.3. The van der Waals surface area contributed by atoms with E-state index in [1.165, 1.54) is 0 Å². The van der Waals surface area contributed by atoms with Gasteiger partial charge < -0.3 is 19.7 Å². The molecule has 1 N–H and O–H groups in total. The molecule has 6 nitrogen and oxygen atoms in total. The largest absolute Gasteiger partial charge is 0.492 e. The van der Waals surface area contributed by atoms with Gasteiger partial charge in [-0.2, -0.15) is 0 Å². The van der Waals surface area contributed by atoms with Crippen LogP contribution in [0.3, 0.4) is 0 Å². The standard InChI is InChI=1S/C23H32FN3O3/c1-17-6-7-19(15-18(17)2)22(28)27-12-8-23(24,9-13-27)16-25-11-14-30-21-20(29-3)5-4-10-26-21/h5-7,15,25H,4,8-14,16H2,1-3H3. The Balaban J connectivity index is 1.39. The number of dihydropyridines is 1. The molecule has 7 heteroatoms. The van der Waals surface area contributed by atoms with E-state index in [0.29, 0.717) is 62.8 Å². The number of ether oxygens (including phenoxy) is 2. The molecular formula is C23H32FN3O3. The van der Waals surface area contributed by atoms with Gasteiger partial charge in [0, 0.05) is 51.1 Å². The number of rotatable bonds is 7. The second kappa shape index (κ2) is 10.1. The summed E-state index contributed by atoms with van der Waals surface area (Å²) in [5, 5.41) is 3.14. The Morgan fingerprint density at radius 1 is 1.27 bits per heavy atom. The van der Waals surface area contributed by atoms with Gasteiger partial charge in [-0.05, 0) is 49.6 Å². The van der Waals surface area contributed by atoms with Crippen LogP contribution in [0.15, 0.2) is 35.0 Å². The summed E-state index contributed by atoms with van der Waals surface area (Å²) in [6.45, 7) is 6.74. The third kappa shape index (κ3) is 5.59. The Hall–Kier alpha value is -2.41. The average Bonchev–Trinajstić information content (AvgIpc) is 2.76. The topological polar surface area (TPSA) is 63.2 Å². The second-order valence-electron chi connectivity index (χ2n) is 8.02. The van der Waals surface area contributed by atoms with Crippen molar-refractivity contribution in [2.45, 2.75) is 38.8 Å². The van der Waals surface area contributed by atoms with Crippen molar-refractivity contribution in [2.75, 3.05) is 46.4 Å². The van der Waals surface area contributed by atoms with E-state index >= 15 is 4.39 Å². The smallest absolute Gasteiger partial charge is 0.253 e. The number of carbonyl (C=O) groups is 1. The summed E-state index contributed by atoms with van der Waals surface area (Å²) >= 11 is 0. The number of hydrogen-bond acceptors (Lipinski definition) is 5. The summed E-state index contributed by atoms with van der Waals surface area (Å²) in [4.78, 5) is 18.8. The van der Waals surface area contributed by atoms with E-state index in [2.05, 4.69) is 10.3 Å². The highest BCUT2D eigenvalue weighted by Gasteiger charge is 2.35. The fourth-order valence-corrected chi connectivity index (χ4v) is 3.69. The summed E-state index contributed by atoms with van der Waals surface area (Å²) < 4.78 is 26.0. The number of amides is 1. The number of carbonyl (C=O) groups excluding carboxylic acids is 1. The summed E-state index contributed by atoms with van der Waals surface area (Å²) in [5.74, 6) is 1.15. The Morgan fingerprint density at radius 3 is 2.73 bits per heavy atom. The summed E-state index contributed by atoms with van der Waals surface area (Å²) in [6, 6.07) is 5.73. The molecule has 2 aliphatic heterocycles. The van der Waals surface area contributed by atoms with Crippen LogP contribution in [0.2, 0.25) is 0 Å². The van der Waals surface area contributed by atoms with Crippen molar-refractivity contribution in [2.24, 2.45) is 4.99 Å². The van der Waals surface area contributed by atoms with Gasteiger partial charge in [-0.15, -0.1) is 0 Å². The Bertz CT molecular complexity index is 814. The van der Waals surface area contributed by atoms with Gasteiger partial charge in [-0.25, -0.2) is 9.38 Å². The first-order valence-corrected chi connectivity index (χ1v) is 10.6. The molecule has 30 heavy (non-hydrogen) atoms. The highest BCUT2D eigenvalue weighted by atomic mass is 19.1. The predicted octanol–water partition coefficient (Wildman–Crippen LogP) is 3.19. The molecule has 2 heterocycles. The van der Waals surface area contributed by atoms with Crippen LogP contribution in [0.4, 0.5) is 4.39 Å². The molecule has 0 aliphatic carbocycles. The molecule has 1 aromatic carbocycles. The van der Waals surface area contributed by atoms with Gasteiger partial charge in [0.05, 0.1) is 7.11 Å². The zero-order chi connectivity index (χ0) is 21.6. The summed E-state index contributed by atoms with van der Waals surface area (Å²) in [7, 11) is 1.60. The van der Waals surface area contributed by atoms with Crippen LogP contribution in [0.5, 0.6) is 0 Å². The highest BCUT2D eigenvalue weighted by molar-refractivity contribution is 5.94. The molecule has 1 saturated heterocycles. The Kier molecular flexibility index (Phi) is 7.48. The van der Waals surface area contributed by atoms with E-state index < -0.39 is 5.67 Å². The predicted molar refractivity (Wildman–Crippen MR) is 116 cm³/mol. The van der Waals surface area contributed by atoms with Crippen LogP contribution in [0.1, 0.15) is 40.7 Å². The van der Waals surface area contributed by atoms with E-state index in [0.717, 1.165) is 17.5 Å². The lowest BCUT2D eigenvalue weighted by Gasteiger charge is -2.36. The minimum atomic E-state index is -1.31. The van der Waals surface area contributed by atoms with E-state index in [9.17, 15) is 4.79 Å². The molecule has 0 aromatic heterocycles. The lowest BCUT2D eigenvalue weighted by atomic mass is 9.92. The maximum atomic E-state index is 15.1. The molecule has 0 bridgehead atoms. The van der Waals surface area contributed by atoms with E-state index in [-0.39, 0.29) is 12.5 Å². The van der Waals surface area contributed by atoms with E-state index in [4.69, 9.17) is 9.47 Å². The third-order valence-electron chi connectivity index (χ3n) is 5.80. The van der Waals surface area contributed by atoms with E-state index in [1.54, 1.807) is 12.0 Å². The molecule has 2 aliphatic rings. The van der Waals surface area contributed by atoms with Gasteiger partial charge >= 0.3 is 0 Å². The fraction of sp³-hybridized carbons (Fsp3) is 0.565. The molecule has 0 radical (unpaired) electrons. The molecule has 0 saturated carbocycles. The van der Waals surface area contributed by atoms with Crippen LogP contribution in [0, 0.1) is 13.8 Å². The number of nitrogens with one attached hydrogen (secondary N) is 1.